The summed E-state index contributed by atoms with van der Waals surface area (Å²) < 4.78 is 10.3. The molecular formula is C9H11NO3. The molecule has 1 aliphatic rings. The number of carbonyl (C=O) groups excluding carboxylic acids is 1. The zero-order chi connectivity index (χ0) is 9.26. The van der Waals surface area contributed by atoms with Crippen LogP contribution in [-0.4, -0.2) is 24.2 Å². The van der Waals surface area contributed by atoms with Crippen molar-refractivity contribution in [3.63, 3.8) is 0 Å². The fraction of sp³-hybridized carbons (Fsp3) is 0.556. The molecule has 0 aliphatic carbocycles. The molecule has 1 aromatic rings. The van der Waals surface area contributed by atoms with Crippen LogP contribution in [0.4, 0.5) is 0 Å². The molecule has 4 heteroatoms. The molecule has 1 aromatic heterocycles. The van der Waals surface area contributed by atoms with Crippen LogP contribution in [0.1, 0.15) is 35.5 Å². The highest BCUT2D eigenvalue weighted by Gasteiger charge is 2.22. The van der Waals surface area contributed by atoms with E-state index in [9.17, 15) is 4.79 Å². The molecule has 1 atom stereocenters. The Morgan fingerprint density at radius 1 is 1.69 bits per heavy atom. The van der Waals surface area contributed by atoms with Crippen molar-refractivity contribution in [1.29, 1.82) is 0 Å². The molecule has 0 bridgehead atoms. The summed E-state index contributed by atoms with van der Waals surface area (Å²) >= 11 is 0. The Bertz CT molecular complexity index is 312. The second-order valence-corrected chi connectivity index (χ2v) is 3.23. The average molecular weight is 181 g/mol. The molecule has 0 saturated carbocycles. The van der Waals surface area contributed by atoms with Gasteiger partial charge in [-0.3, -0.25) is 4.79 Å². The summed E-state index contributed by atoms with van der Waals surface area (Å²) in [7, 11) is 0. The molecular weight excluding hydrogens is 170 g/mol. The van der Waals surface area contributed by atoms with Gasteiger partial charge in [0, 0.05) is 25.5 Å². The second-order valence-electron chi connectivity index (χ2n) is 3.23. The molecule has 13 heavy (non-hydrogen) atoms. The van der Waals surface area contributed by atoms with Crippen LogP contribution in [0.2, 0.25) is 0 Å². The first-order chi connectivity index (χ1) is 6.27. The summed E-state index contributed by atoms with van der Waals surface area (Å²) in [5, 5.41) is 3.68. The molecule has 0 amide bonds. The van der Waals surface area contributed by atoms with Gasteiger partial charge >= 0.3 is 0 Å². The van der Waals surface area contributed by atoms with E-state index in [-0.39, 0.29) is 11.7 Å². The van der Waals surface area contributed by atoms with Crippen molar-refractivity contribution in [2.45, 2.75) is 19.3 Å². The van der Waals surface area contributed by atoms with Gasteiger partial charge < -0.3 is 9.26 Å². The van der Waals surface area contributed by atoms with Crippen LogP contribution in [0.15, 0.2) is 10.6 Å². The number of Topliss-reactive ketones (excluding diaryl/α,β-unsaturated/α-hetero) is 1. The maximum Gasteiger partial charge on any atom is 0.181 e. The second kappa shape index (κ2) is 3.30. The van der Waals surface area contributed by atoms with Gasteiger partial charge in [-0.25, -0.2) is 0 Å². The molecule has 4 nitrogen and oxygen atoms in total. The minimum absolute atomic E-state index is 0.0612. The summed E-state index contributed by atoms with van der Waals surface area (Å²) in [5.74, 6) is 0.984. The van der Waals surface area contributed by atoms with Crippen LogP contribution < -0.4 is 0 Å². The highest BCUT2D eigenvalue weighted by molar-refractivity contribution is 5.91. The number of hydrogen-bond donors (Lipinski definition) is 0. The van der Waals surface area contributed by atoms with Crippen LogP contribution >= 0.6 is 0 Å². The summed E-state index contributed by atoms with van der Waals surface area (Å²) in [5.41, 5.74) is 0.405. The number of carbonyl (C=O) groups is 1. The fourth-order valence-corrected chi connectivity index (χ4v) is 1.41. The van der Waals surface area contributed by atoms with E-state index in [1.165, 1.54) is 6.92 Å². The van der Waals surface area contributed by atoms with Crippen molar-refractivity contribution in [1.82, 2.24) is 5.16 Å². The molecule has 1 unspecified atom stereocenters. The Morgan fingerprint density at radius 3 is 3.08 bits per heavy atom. The van der Waals surface area contributed by atoms with Crippen molar-refractivity contribution >= 4 is 5.78 Å². The van der Waals surface area contributed by atoms with Gasteiger partial charge in [0.2, 0.25) is 0 Å². The highest BCUT2D eigenvalue weighted by Crippen LogP contribution is 2.25. The SMILES string of the molecule is CC(=O)c1cc(C2CCOC2)on1. The summed E-state index contributed by atoms with van der Waals surface area (Å²) in [6.07, 6.45) is 0.951. The van der Waals surface area contributed by atoms with Gasteiger partial charge in [0.15, 0.2) is 5.78 Å². The normalized spacial score (nSPS) is 22.1. The molecule has 1 saturated heterocycles. The van der Waals surface area contributed by atoms with Crippen LogP contribution in [0.3, 0.4) is 0 Å². The van der Waals surface area contributed by atoms with Gasteiger partial charge in [-0.2, -0.15) is 0 Å². The van der Waals surface area contributed by atoms with Gasteiger partial charge in [0.25, 0.3) is 0 Å². The number of rotatable bonds is 2. The standard InChI is InChI=1S/C9H11NO3/c1-6(11)8-4-9(13-10-8)7-2-3-12-5-7/h4,7H,2-3,5H2,1H3. The van der Waals surface area contributed by atoms with Gasteiger partial charge in [-0.05, 0) is 6.42 Å². The Hall–Kier alpha value is -1.16. The lowest BCUT2D eigenvalue weighted by Gasteiger charge is -1.98. The molecule has 1 aliphatic heterocycles. The molecule has 2 heterocycles. The predicted molar refractivity (Wildman–Crippen MR) is 44.7 cm³/mol. The maximum absolute atomic E-state index is 10.9. The van der Waals surface area contributed by atoms with E-state index in [0.717, 1.165) is 18.8 Å². The smallest absolute Gasteiger partial charge is 0.181 e. The van der Waals surface area contributed by atoms with Gasteiger partial charge in [-0.15, -0.1) is 0 Å². The number of nitrogens with zero attached hydrogens (tertiary/aromatic N) is 1. The summed E-state index contributed by atoms with van der Waals surface area (Å²) in [6, 6.07) is 1.71. The highest BCUT2D eigenvalue weighted by atomic mass is 16.5. The lowest BCUT2D eigenvalue weighted by atomic mass is 10.1. The first-order valence-electron chi connectivity index (χ1n) is 4.32. The van der Waals surface area contributed by atoms with Crippen molar-refractivity contribution in [2.24, 2.45) is 0 Å². The van der Waals surface area contributed by atoms with E-state index in [1.54, 1.807) is 6.07 Å². The van der Waals surface area contributed by atoms with Gasteiger partial charge in [-0.1, -0.05) is 5.16 Å². The zero-order valence-corrected chi connectivity index (χ0v) is 7.45. The summed E-state index contributed by atoms with van der Waals surface area (Å²) in [4.78, 5) is 10.9. The lowest BCUT2D eigenvalue weighted by molar-refractivity contribution is 0.100. The third-order valence-electron chi connectivity index (χ3n) is 2.22. The van der Waals surface area contributed by atoms with E-state index in [4.69, 9.17) is 9.26 Å². The van der Waals surface area contributed by atoms with Crippen molar-refractivity contribution in [3.05, 3.63) is 17.5 Å². The van der Waals surface area contributed by atoms with Crippen LogP contribution in [0, 0.1) is 0 Å². The number of aromatic nitrogens is 1. The fourth-order valence-electron chi connectivity index (χ4n) is 1.41. The monoisotopic (exact) mass is 181 g/mol. The van der Waals surface area contributed by atoms with Crippen molar-refractivity contribution in [2.75, 3.05) is 13.2 Å². The Morgan fingerprint density at radius 2 is 2.54 bits per heavy atom. The van der Waals surface area contributed by atoms with Crippen molar-refractivity contribution < 1.29 is 14.1 Å². The maximum atomic E-state index is 10.9. The minimum atomic E-state index is -0.0612. The number of ether oxygens (including phenoxy) is 1. The molecule has 2 rings (SSSR count). The van der Waals surface area contributed by atoms with E-state index in [0.29, 0.717) is 12.3 Å². The minimum Gasteiger partial charge on any atom is -0.381 e. The third kappa shape index (κ3) is 1.62. The summed E-state index contributed by atoms with van der Waals surface area (Å²) in [6.45, 7) is 2.92. The van der Waals surface area contributed by atoms with Crippen LogP contribution in [-0.2, 0) is 4.74 Å². The molecule has 0 N–H and O–H groups in total. The van der Waals surface area contributed by atoms with Crippen LogP contribution in [0.25, 0.3) is 0 Å². The average Bonchev–Trinajstić information content (AvgIpc) is 2.75. The largest absolute Gasteiger partial charge is 0.381 e. The Balaban J connectivity index is 2.16. The quantitative estimate of drug-likeness (QED) is 0.647. The molecule has 0 aromatic carbocycles. The van der Waals surface area contributed by atoms with E-state index in [1.807, 2.05) is 0 Å². The molecule has 0 spiro atoms. The van der Waals surface area contributed by atoms with Crippen LogP contribution in [0.5, 0.6) is 0 Å². The first kappa shape index (κ1) is 8.44. The van der Waals surface area contributed by atoms with E-state index in [2.05, 4.69) is 5.16 Å². The van der Waals surface area contributed by atoms with Crippen molar-refractivity contribution in [3.8, 4) is 0 Å². The predicted octanol–water partition coefficient (Wildman–Crippen LogP) is 1.38. The topological polar surface area (TPSA) is 52.3 Å². The Labute approximate surface area is 75.9 Å². The first-order valence-corrected chi connectivity index (χ1v) is 4.32. The number of ketones is 1. The van der Waals surface area contributed by atoms with Gasteiger partial charge in [0.1, 0.15) is 11.5 Å². The molecule has 0 radical (unpaired) electrons. The van der Waals surface area contributed by atoms with Gasteiger partial charge in [0.05, 0.1) is 6.61 Å². The third-order valence-corrected chi connectivity index (χ3v) is 2.22. The lowest BCUT2D eigenvalue weighted by Crippen LogP contribution is -1.95. The number of hydrogen-bond acceptors (Lipinski definition) is 4. The Kier molecular flexibility index (Phi) is 2.14. The van der Waals surface area contributed by atoms with E-state index >= 15 is 0 Å². The van der Waals surface area contributed by atoms with E-state index < -0.39 is 0 Å². The molecule has 1 fully saturated rings. The molecule has 70 valence electrons. The zero-order valence-electron chi connectivity index (χ0n) is 7.45.